The summed E-state index contributed by atoms with van der Waals surface area (Å²) in [4.78, 5) is 11.7. The lowest BCUT2D eigenvalue weighted by molar-refractivity contribution is -0.0658. The maximum absolute atomic E-state index is 13.3. The minimum Gasteiger partial charge on any atom is -0.383 e. The minimum absolute atomic E-state index is 0.00562. The molecule has 0 atom stereocenters. The fourth-order valence-electron chi connectivity index (χ4n) is 2.40. The lowest BCUT2D eigenvalue weighted by atomic mass is 10.1. The molecule has 1 aliphatic rings. The molecule has 3 heterocycles. The number of piperidine rings is 1. The Hall–Kier alpha value is -1.34. The molecule has 0 bridgehead atoms. The van der Waals surface area contributed by atoms with E-state index in [1.165, 1.54) is 17.7 Å². The Morgan fingerprint density at radius 1 is 1.42 bits per heavy atom. The molecular formula is C12H14F2N4S. The van der Waals surface area contributed by atoms with E-state index >= 15 is 0 Å². The number of nitrogens with zero attached hydrogens (tertiary/aromatic N) is 3. The highest BCUT2D eigenvalue weighted by Crippen LogP contribution is 2.31. The number of hydrogen-bond acceptors (Lipinski definition) is 5. The smallest absolute Gasteiger partial charge is 0.260 e. The SMILES string of the molecule is Nc1ncnc2sc(CN3CCCC(F)(F)C3)cc12. The average molecular weight is 284 g/mol. The second-order valence-corrected chi connectivity index (χ2v) is 5.98. The first-order valence-corrected chi connectivity index (χ1v) is 6.94. The average Bonchev–Trinajstić information content (AvgIpc) is 2.71. The topological polar surface area (TPSA) is 55.0 Å². The van der Waals surface area contributed by atoms with E-state index in [1.54, 1.807) is 4.90 Å². The molecule has 1 saturated heterocycles. The zero-order valence-electron chi connectivity index (χ0n) is 10.3. The summed E-state index contributed by atoms with van der Waals surface area (Å²) in [6.07, 6.45) is 1.96. The summed E-state index contributed by atoms with van der Waals surface area (Å²) in [6, 6.07) is 1.90. The van der Waals surface area contributed by atoms with Gasteiger partial charge in [0.2, 0.25) is 0 Å². The second-order valence-electron chi connectivity index (χ2n) is 4.86. The molecule has 4 nitrogen and oxygen atoms in total. The third-order valence-electron chi connectivity index (χ3n) is 3.26. The van der Waals surface area contributed by atoms with Gasteiger partial charge in [-0.25, -0.2) is 18.7 Å². The summed E-state index contributed by atoms with van der Waals surface area (Å²) in [5, 5.41) is 0.811. The quantitative estimate of drug-likeness (QED) is 0.920. The maximum Gasteiger partial charge on any atom is 0.260 e. The summed E-state index contributed by atoms with van der Waals surface area (Å²) in [5.74, 6) is -2.12. The molecule has 2 N–H and O–H groups in total. The molecular weight excluding hydrogens is 270 g/mol. The van der Waals surface area contributed by atoms with Gasteiger partial charge in [0.1, 0.15) is 17.0 Å². The van der Waals surface area contributed by atoms with Gasteiger partial charge >= 0.3 is 0 Å². The third-order valence-corrected chi connectivity index (χ3v) is 4.29. The van der Waals surface area contributed by atoms with E-state index in [9.17, 15) is 8.78 Å². The first-order chi connectivity index (χ1) is 9.03. The second kappa shape index (κ2) is 4.64. The van der Waals surface area contributed by atoms with Gasteiger partial charge < -0.3 is 5.73 Å². The molecule has 1 aliphatic heterocycles. The fraction of sp³-hybridized carbons (Fsp3) is 0.500. The van der Waals surface area contributed by atoms with Gasteiger partial charge in [-0.3, -0.25) is 4.90 Å². The van der Waals surface area contributed by atoms with Crippen LogP contribution in [0.5, 0.6) is 0 Å². The Balaban J connectivity index is 1.80. The van der Waals surface area contributed by atoms with Gasteiger partial charge in [0.05, 0.1) is 11.9 Å². The van der Waals surface area contributed by atoms with Crippen molar-refractivity contribution in [3.05, 3.63) is 17.3 Å². The molecule has 3 rings (SSSR count). The standard InChI is InChI=1S/C12H14F2N4S/c13-12(14)2-1-3-18(6-12)5-8-4-9-10(15)16-7-17-11(9)19-8/h4,7H,1-3,5-6H2,(H2,15,16,17). The van der Waals surface area contributed by atoms with Crippen LogP contribution in [-0.2, 0) is 6.54 Å². The van der Waals surface area contributed by atoms with Crippen molar-refractivity contribution in [3.8, 4) is 0 Å². The number of hydrogen-bond donors (Lipinski definition) is 1. The largest absolute Gasteiger partial charge is 0.383 e. The Morgan fingerprint density at radius 3 is 3.00 bits per heavy atom. The van der Waals surface area contributed by atoms with Crippen LogP contribution in [0.1, 0.15) is 17.7 Å². The molecule has 0 radical (unpaired) electrons. The molecule has 0 saturated carbocycles. The number of nitrogens with two attached hydrogens (primary N) is 1. The van der Waals surface area contributed by atoms with E-state index < -0.39 is 5.92 Å². The summed E-state index contributed by atoms with van der Waals surface area (Å²) in [5.41, 5.74) is 5.77. The summed E-state index contributed by atoms with van der Waals surface area (Å²) in [7, 11) is 0. The van der Waals surface area contributed by atoms with E-state index in [0.717, 1.165) is 15.1 Å². The van der Waals surface area contributed by atoms with E-state index in [2.05, 4.69) is 9.97 Å². The predicted octanol–water partition coefficient (Wildman–Crippen LogP) is 2.50. The lowest BCUT2D eigenvalue weighted by Crippen LogP contribution is -2.41. The van der Waals surface area contributed by atoms with Gasteiger partial charge in [0, 0.05) is 17.8 Å². The van der Waals surface area contributed by atoms with Gasteiger partial charge in [0.15, 0.2) is 0 Å². The number of thiophene rings is 1. The van der Waals surface area contributed by atoms with Gasteiger partial charge in [0.25, 0.3) is 5.92 Å². The van der Waals surface area contributed by atoms with Gasteiger partial charge in [-0.2, -0.15) is 0 Å². The number of halogens is 2. The third kappa shape index (κ3) is 2.66. The molecule has 0 amide bonds. The number of alkyl halides is 2. The van der Waals surface area contributed by atoms with Crippen LogP contribution in [0.2, 0.25) is 0 Å². The van der Waals surface area contributed by atoms with Crippen LogP contribution in [0.4, 0.5) is 14.6 Å². The molecule has 0 spiro atoms. The number of aromatic nitrogens is 2. The van der Waals surface area contributed by atoms with Crippen molar-refractivity contribution in [1.82, 2.24) is 14.9 Å². The molecule has 0 unspecified atom stereocenters. The molecule has 19 heavy (non-hydrogen) atoms. The van der Waals surface area contributed by atoms with E-state index in [4.69, 9.17) is 5.73 Å². The molecule has 0 aliphatic carbocycles. The van der Waals surface area contributed by atoms with Crippen molar-refractivity contribution in [3.63, 3.8) is 0 Å². The zero-order chi connectivity index (χ0) is 13.5. The van der Waals surface area contributed by atoms with Gasteiger partial charge in [-0.15, -0.1) is 11.3 Å². The predicted molar refractivity (Wildman–Crippen MR) is 71.3 cm³/mol. The number of nitrogen functional groups attached to an aromatic ring is 1. The minimum atomic E-state index is -2.56. The van der Waals surface area contributed by atoms with Gasteiger partial charge in [-0.1, -0.05) is 0 Å². The lowest BCUT2D eigenvalue weighted by Gasteiger charge is -2.31. The van der Waals surface area contributed by atoms with Crippen molar-refractivity contribution in [2.24, 2.45) is 0 Å². The molecule has 7 heteroatoms. The van der Waals surface area contributed by atoms with Crippen LogP contribution in [0.15, 0.2) is 12.4 Å². The zero-order valence-corrected chi connectivity index (χ0v) is 11.1. The molecule has 102 valence electrons. The van der Waals surface area contributed by atoms with Crippen molar-refractivity contribution >= 4 is 27.4 Å². The number of anilines is 1. The Bertz CT molecular complexity index is 598. The Labute approximate surface area is 113 Å². The summed E-state index contributed by atoms with van der Waals surface area (Å²) >= 11 is 1.49. The van der Waals surface area contributed by atoms with Crippen LogP contribution in [-0.4, -0.2) is 33.9 Å². The van der Waals surface area contributed by atoms with Crippen molar-refractivity contribution in [2.45, 2.75) is 25.3 Å². The first kappa shape index (κ1) is 12.7. The monoisotopic (exact) mass is 284 g/mol. The Morgan fingerprint density at radius 2 is 2.26 bits per heavy atom. The highest BCUT2D eigenvalue weighted by Gasteiger charge is 2.35. The molecule has 0 aromatic carbocycles. The normalized spacial score (nSPS) is 19.9. The van der Waals surface area contributed by atoms with Crippen molar-refractivity contribution < 1.29 is 8.78 Å². The van der Waals surface area contributed by atoms with Crippen LogP contribution >= 0.6 is 11.3 Å². The van der Waals surface area contributed by atoms with Gasteiger partial charge in [-0.05, 0) is 19.0 Å². The molecule has 2 aromatic rings. The van der Waals surface area contributed by atoms with Crippen LogP contribution in [0, 0.1) is 0 Å². The maximum atomic E-state index is 13.3. The summed E-state index contributed by atoms with van der Waals surface area (Å²) in [6.45, 7) is 1.07. The number of rotatable bonds is 2. The molecule has 1 fully saturated rings. The number of likely N-dealkylation sites (tertiary alicyclic amines) is 1. The van der Waals surface area contributed by atoms with E-state index in [1.807, 2.05) is 6.07 Å². The van der Waals surface area contributed by atoms with Crippen LogP contribution in [0.3, 0.4) is 0 Å². The van der Waals surface area contributed by atoms with E-state index in [0.29, 0.717) is 25.3 Å². The van der Waals surface area contributed by atoms with Crippen molar-refractivity contribution in [2.75, 3.05) is 18.8 Å². The molecule has 2 aromatic heterocycles. The Kier molecular flexibility index (Phi) is 3.10. The first-order valence-electron chi connectivity index (χ1n) is 6.13. The fourth-order valence-corrected chi connectivity index (χ4v) is 3.45. The van der Waals surface area contributed by atoms with Crippen LogP contribution < -0.4 is 5.73 Å². The van der Waals surface area contributed by atoms with Crippen LogP contribution in [0.25, 0.3) is 10.2 Å². The highest BCUT2D eigenvalue weighted by atomic mass is 32.1. The summed E-state index contributed by atoms with van der Waals surface area (Å²) < 4.78 is 26.7. The van der Waals surface area contributed by atoms with Crippen molar-refractivity contribution in [1.29, 1.82) is 0 Å². The highest BCUT2D eigenvalue weighted by molar-refractivity contribution is 7.18. The van der Waals surface area contributed by atoms with E-state index in [-0.39, 0.29) is 13.0 Å². The number of fused-ring (bicyclic) bond motifs is 1.